The summed E-state index contributed by atoms with van der Waals surface area (Å²) in [5, 5.41) is 0. The van der Waals surface area contributed by atoms with Crippen LogP contribution < -0.4 is 5.73 Å². The van der Waals surface area contributed by atoms with E-state index in [1.807, 2.05) is 13.8 Å². The van der Waals surface area contributed by atoms with Gasteiger partial charge in [-0.1, -0.05) is 32.9 Å². The van der Waals surface area contributed by atoms with Crippen molar-refractivity contribution in [1.82, 2.24) is 0 Å². The number of unbranched alkanes of at least 4 members (excludes halogenated alkanes) is 2. The Bertz CT molecular complexity index is 135. The van der Waals surface area contributed by atoms with E-state index in [1.165, 1.54) is 0 Å². The van der Waals surface area contributed by atoms with Gasteiger partial charge in [0.1, 0.15) is 6.61 Å². The highest BCUT2D eigenvalue weighted by Gasteiger charge is 1.99. The Hall–Kier alpha value is -0.830. The first-order valence-corrected chi connectivity index (χ1v) is 5.28. The van der Waals surface area contributed by atoms with Crippen LogP contribution in [-0.2, 0) is 9.53 Å². The fourth-order valence-electron chi connectivity index (χ4n) is 0.814. The predicted octanol–water partition coefficient (Wildman–Crippen LogP) is 2.26. The van der Waals surface area contributed by atoms with Crippen LogP contribution in [0.25, 0.3) is 0 Å². The Morgan fingerprint density at radius 1 is 1.36 bits per heavy atom. The van der Waals surface area contributed by atoms with Crippen LogP contribution in [0.5, 0.6) is 0 Å². The first-order valence-electron chi connectivity index (χ1n) is 5.28. The highest BCUT2D eigenvalue weighted by molar-refractivity contribution is 5.69. The SMILES string of the molecule is C=CCOC(=O)CCCCCN.CC. The van der Waals surface area contributed by atoms with E-state index < -0.39 is 0 Å². The summed E-state index contributed by atoms with van der Waals surface area (Å²) in [6.45, 7) is 8.46. The highest BCUT2D eigenvalue weighted by atomic mass is 16.5. The Morgan fingerprint density at radius 2 is 2.00 bits per heavy atom. The number of esters is 1. The van der Waals surface area contributed by atoms with Gasteiger partial charge in [0.25, 0.3) is 0 Å². The third kappa shape index (κ3) is 13.7. The molecule has 14 heavy (non-hydrogen) atoms. The molecule has 0 aromatic rings. The summed E-state index contributed by atoms with van der Waals surface area (Å²) >= 11 is 0. The number of ether oxygens (including phenoxy) is 1. The third-order valence-electron chi connectivity index (χ3n) is 1.45. The van der Waals surface area contributed by atoms with Gasteiger partial charge in [-0.2, -0.15) is 0 Å². The molecule has 0 unspecified atom stereocenters. The largest absolute Gasteiger partial charge is 0.461 e. The van der Waals surface area contributed by atoms with Crippen LogP contribution in [0.4, 0.5) is 0 Å². The van der Waals surface area contributed by atoms with Gasteiger partial charge in [-0.25, -0.2) is 0 Å². The van der Waals surface area contributed by atoms with Crippen molar-refractivity contribution < 1.29 is 9.53 Å². The summed E-state index contributed by atoms with van der Waals surface area (Å²) in [5.74, 6) is -0.146. The normalized spacial score (nSPS) is 8.50. The molecular weight excluding hydrogens is 178 g/mol. The smallest absolute Gasteiger partial charge is 0.306 e. The zero-order valence-corrected chi connectivity index (χ0v) is 9.42. The minimum Gasteiger partial charge on any atom is -0.461 e. The summed E-state index contributed by atoms with van der Waals surface area (Å²) in [6, 6.07) is 0. The standard InChI is InChI=1S/C9H17NO2.C2H6/c1-2-8-12-9(11)6-4-3-5-7-10;1-2/h2H,1,3-8,10H2;1-2H3. The van der Waals surface area contributed by atoms with Gasteiger partial charge in [-0.15, -0.1) is 0 Å². The van der Waals surface area contributed by atoms with E-state index in [0.717, 1.165) is 19.3 Å². The molecular formula is C11H23NO2. The van der Waals surface area contributed by atoms with E-state index in [0.29, 0.717) is 19.6 Å². The van der Waals surface area contributed by atoms with Crippen molar-refractivity contribution in [2.24, 2.45) is 5.73 Å². The molecule has 0 aliphatic carbocycles. The molecule has 0 spiro atoms. The Morgan fingerprint density at radius 3 is 2.50 bits per heavy atom. The number of nitrogens with two attached hydrogens (primary N) is 1. The maximum atomic E-state index is 10.9. The second-order valence-electron chi connectivity index (χ2n) is 2.57. The molecule has 0 aromatic carbocycles. The minimum atomic E-state index is -0.146. The lowest BCUT2D eigenvalue weighted by molar-refractivity contribution is -0.142. The van der Waals surface area contributed by atoms with E-state index in [4.69, 9.17) is 10.5 Å². The van der Waals surface area contributed by atoms with Gasteiger partial charge in [-0.05, 0) is 19.4 Å². The fourth-order valence-corrected chi connectivity index (χ4v) is 0.814. The molecule has 0 heterocycles. The Balaban J connectivity index is 0. The second-order valence-corrected chi connectivity index (χ2v) is 2.57. The molecule has 0 amide bonds. The van der Waals surface area contributed by atoms with E-state index in [9.17, 15) is 4.79 Å². The van der Waals surface area contributed by atoms with Crippen LogP contribution in [-0.4, -0.2) is 19.1 Å². The quantitative estimate of drug-likeness (QED) is 0.390. The van der Waals surface area contributed by atoms with Crippen LogP contribution in [0.2, 0.25) is 0 Å². The summed E-state index contributed by atoms with van der Waals surface area (Å²) in [7, 11) is 0. The van der Waals surface area contributed by atoms with Crippen molar-refractivity contribution in [1.29, 1.82) is 0 Å². The molecule has 2 N–H and O–H groups in total. The monoisotopic (exact) mass is 201 g/mol. The van der Waals surface area contributed by atoms with Crippen LogP contribution in [0.1, 0.15) is 39.5 Å². The van der Waals surface area contributed by atoms with Gasteiger partial charge in [0.2, 0.25) is 0 Å². The molecule has 3 heteroatoms. The molecule has 0 saturated carbocycles. The van der Waals surface area contributed by atoms with Crippen molar-refractivity contribution in [3.63, 3.8) is 0 Å². The van der Waals surface area contributed by atoms with E-state index in [1.54, 1.807) is 6.08 Å². The Kier molecular flexibility index (Phi) is 16.4. The number of carbonyl (C=O) groups is 1. The minimum absolute atomic E-state index is 0.146. The van der Waals surface area contributed by atoms with E-state index in [-0.39, 0.29) is 5.97 Å². The summed E-state index contributed by atoms with van der Waals surface area (Å²) in [4.78, 5) is 10.9. The van der Waals surface area contributed by atoms with Gasteiger partial charge in [0, 0.05) is 6.42 Å². The third-order valence-corrected chi connectivity index (χ3v) is 1.45. The molecule has 0 rings (SSSR count). The van der Waals surface area contributed by atoms with Gasteiger partial charge in [0.05, 0.1) is 0 Å². The summed E-state index contributed by atoms with van der Waals surface area (Å²) in [5.41, 5.74) is 5.30. The van der Waals surface area contributed by atoms with Crippen LogP contribution in [0.15, 0.2) is 12.7 Å². The van der Waals surface area contributed by atoms with Crippen LogP contribution in [0.3, 0.4) is 0 Å². The topological polar surface area (TPSA) is 52.3 Å². The Labute approximate surface area is 87.3 Å². The van der Waals surface area contributed by atoms with Gasteiger partial charge >= 0.3 is 5.97 Å². The maximum absolute atomic E-state index is 10.9. The first-order chi connectivity index (χ1) is 6.81. The fraction of sp³-hybridized carbons (Fsp3) is 0.727. The molecule has 0 aliphatic rings. The van der Waals surface area contributed by atoms with Gasteiger partial charge < -0.3 is 10.5 Å². The number of hydrogen-bond donors (Lipinski definition) is 1. The molecule has 0 fully saturated rings. The van der Waals surface area contributed by atoms with E-state index >= 15 is 0 Å². The highest BCUT2D eigenvalue weighted by Crippen LogP contribution is 1.99. The molecule has 0 aromatic heterocycles. The second kappa shape index (κ2) is 14.7. The van der Waals surface area contributed by atoms with Crippen molar-refractivity contribution in [3.8, 4) is 0 Å². The summed E-state index contributed by atoms with van der Waals surface area (Å²) < 4.78 is 4.78. The molecule has 0 radical (unpaired) electrons. The van der Waals surface area contributed by atoms with Gasteiger partial charge in [0.15, 0.2) is 0 Å². The van der Waals surface area contributed by atoms with Crippen molar-refractivity contribution >= 4 is 5.97 Å². The zero-order chi connectivity index (χ0) is 11.2. The van der Waals surface area contributed by atoms with E-state index in [2.05, 4.69) is 6.58 Å². The zero-order valence-electron chi connectivity index (χ0n) is 9.42. The predicted molar refractivity (Wildman–Crippen MR) is 60.0 cm³/mol. The molecule has 0 bridgehead atoms. The number of carbonyl (C=O) groups excluding carboxylic acids is 1. The average molecular weight is 201 g/mol. The molecule has 84 valence electrons. The maximum Gasteiger partial charge on any atom is 0.306 e. The lowest BCUT2D eigenvalue weighted by Crippen LogP contribution is -2.04. The van der Waals surface area contributed by atoms with Crippen molar-refractivity contribution in [2.75, 3.05) is 13.2 Å². The van der Waals surface area contributed by atoms with Crippen molar-refractivity contribution in [2.45, 2.75) is 39.5 Å². The molecule has 0 aliphatic heterocycles. The van der Waals surface area contributed by atoms with Crippen molar-refractivity contribution in [3.05, 3.63) is 12.7 Å². The van der Waals surface area contributed by atoms with Crippen LogP contribution >= 0.6 is 0 Å². The first kappa shape index (κ1) is 15.6. The van der Waals surface area contributed by atoms with Crippen LogP contribution in [0, 0.1) is 0 Å². The molecule has 3 nitrogen and oxygen atoms in total. The molecule has 0 saturated heterocycles. The number of rotatable bonds is 7. The molecule has 0 atom stereocenters. The average Bonchev–Trinajstić information content (AvgIpc) is 2.24. The lowest BCUT2D eigenvalue weighted by atomic mass is 10.2. The van der Waals surface area contributed by atoms with Gasteiger partial charge in [-0.3, -0.25) is 4.79 Å². The lowest BCUT2D eigenvalue weighted by Gasteiger charge is -2.00. The number of hydrogen-bond acceptors (Lipinski definition) is 3. The summed E-state index contributed by atoms with van der Waals surface area (Å²) in [6.07, 6.45) is 4.91.